The Labute approximate surface area is 231 Å². The first kappa shape index (κ1) is 28.3. The quantitative estimate of drug-likeness (QED) is 0.303. The summed E-state index contributed by atoms with van der Waals surface area (Å²) in [6, 6.07) is 24.9. The summed E-state index contributed by atoms with van der Waals surface area (Å²) < 4.78 is 17.3. The van der Waals surface area contributed by atoms with Gasteiger partial charge in [0.15, 0.2) is 6.29 Å². The second-order valence-corrected chi connectivity index (χ2v) is 9.66. The van der Waals surface area contributed by atoms with Gasteiger partial charge in [-0.1, -0.05) is 78.9 Å². The largest absolute Gasteiger partial charge is 0.449 e. The molecule has 0 fully saturated rings. The van der Waals surface area contributed by atoms with Crippen LogP contribution in [-0.4, -0.2) is 55.1 Å². The van der Waals surface area contributed by atoms with Crippen LogP contribution in [0.15, 0.2) is 78.9 Å². The highest BCUT2D eigenvalue weighted by molar-refractivity contribution is 5.85. The molecule has 206 valence electrons. The number of nitrogens with zero attached hydrogens (tertiary/aromatic N) is 1. The van der Waals surface area contributed by atoms with E-state index in [9.17, 15) is 9.59 Å². The Morgan fingerprint density at radius 3 is 1.92 bits per heavy atom. The highest BCUT2D eigenvalue weighted by Crippen LogP contribution is 2.44. The molecule has 39 heavy (non-hydrogen) atoms. The van der Waals surface area contributed by atoms with Gasteiger partial charge < -0.3 is 24.4 Å². The molecule has 0 aliphatic heterocycles. The smallest absolute Gasteiger partial charge is 0.407 e. The summed E-state index contributed by atoms with van der Waals surface area (Å²) in [6.07, 6.45) is -1.22. The molecule has 1 aliphatic rings. The number of benzene rings is 3. The maximum atomic E-state index is 13.7. The van der Waals surface area contributed by atoms with Gasteiger partial charge in [0.25, 0.3) is 0 Å². The molecule has 0 saturated carbocycles. The third kappa shape index (κ3) is 6.67. The van der Waals surface area contributed by atoms with Crippen molar-refractivity contribution in [3.05, 3.63) is 95.6 Å². The summed E-state index contributed by atoms with van der Waals surface area (Å²) in [5, 5.41) is 2.74. The number of hydrogen-bond acceptors (Lipinski definition) is 5. The van der Waals surface area contributed by atoms with Crippen molar-refractivity contribution in [1.29, 1.82) is 0 Å². The number of alkyl carbamates (subject to hydrolysis) is 1. The predicted octanol–water partition coefficient (Wildman–Crippen LogP) is 5.73. The molecule has 3 aromatic rings. The van der Waals surface area contributed by atoms with E-state index in [2.05, 4.69) is 29.6 Å². The van der Waals surface area contributed by atoms with E-state index in [1.807, 2.05) is 75.4 Å². The molecule has 7 nitrogen and oxygen atoms in total. The Bertz CT molecular complexity index is 1200. The molecular weight excluding hydrogens is 492 g/mol. The van der Waals surface area contributed by atoms with E-state index in [4.69, 9.17) is 14.2 Å². The molecule has 0 bridgehead atoms. The molecule has 7 heteroatoms. The minimum absolute atomic E-state index is 0.0538. The van der Waals surface area contributed by atoms with Gasteiger partial charge in [-0.25, -0.2) is 4.79 Å². The Morgan fingerprint density at radius 1 is 0.821 bits per heavy atom. The van der Waals surface area contributed by atoms with E-state index in [-0.39, 0.29) is 24.5 Å². The van der Waals surface area contributed by atoms with Crippen LogP contribution in [0.1, 0.15) is 50.3 Å². The Balaban J connectivity index is 1.43. The van der Waals surface area contributed by atoms with Crippen LogP contribution in [0.4, 0.5) is 4.79 Å². The first-order valence-electron chi connectivity index (χ1n) is 13.6. The Morgan fingerprint density at radius 2 is 1.36 bits per heavy atom. The van der Waals surface area contributed by atoms with Crippen LogP contribution < -0.4 is 5.32 Å². The SMILES string of the molecule is CCOC(OCC)[C@H](C)N(Cc1ccccc1)C(=O)[C@H](C)NC(=O)OCC1c2ccccc2-c2ccccc21. The van der Waals surface area contributed by atoms with Gasteiger partial charge in [0.1, 0.15) is 12.6 Å². The van der Waals surface area contributed by atoms with Crippen LogP contribution in [0.2, 0.25) is 0 Å². The summed E-state index contributed by atoms with van der Waals surface area (Å²) in [5.74, 6) is -0.300. The van der Waals surface area contributed by atoms with Gasteiger partial charge in [0, 0.05) is 25.7 Å². The zero-order valence-corrected chi connectivity index (χ0v) is 23.1. The highest BCUT2D eigenvalue weighted by Gasteiger charge is 2.33. The number of hydrogen-bond donors (Lipinski definition) is 1. The lowest BCUT2D eigenvalue weighted by molar-refractivity contribution is -0.179. The highest BCUT2D eigenvalue weighted by atomic mass is 16.7. The average molecular weight is 531 g/mol. The average Bonchev–Trinajstić information content (AvgIpc) is 3.28. The minimum Gasteiger partial charge on any atom is -0.449 e. The van der Waals surface area contributed by atoms with E-state index in [0.29, 0.717) is 19.8 Å². The van der Waals surface area contributed by atoms with E-state index in [1.165, 1.54) is 0 Å². The number of carbonyl (C=O) groups excluding carboxylic acids is 2. The number of ether oxygens (including phenoxy) is 3. The molecule has 0 spiro atoms. The predicted molar refractivity (Wildman–Crippen MR) is 151 cm³/mol. The third-order valence-electron chi connectivity index (χ3n) is 7.07. The number of nitrogens with one attached hydrogen (secondary N) is 1. The topological polar surface area (TPSA) is 77.1 Å². The zero-order valence-electron chi connectivity index (χ0n) is 23.1. The molecule has 1 N–H and O–H groups in total. The maximum absolute atomic E-state index is 13.7. The number of amides is 2. The molecule has 0 heterocycles. The van der Waals surface area contributed by atoms with Crippen LogP contribution >= 0.6 is 0 Å². The molecule has 0 unspecified atom stereocenters. The number of carbonyl (C=O) groups is 2. The van der Waals surface area contributed by atoms with Crippen molar-refractivity contribution in [2.75, 3.05) is 19.8 Å². The monoisotopic (exact) mass is 530 g/mol. The third-order valence-corrected chi connectivity index (χ3v) is 7.07. The van der Waals surface area contributed by atoms with E-state index >= 15 is 0 Å². The van der Waals surface area contributed by atoms with Gasteiger partial charge in [-0.15, -0.1) is 0 Å². The molecule has 4 rings (SSSR count). The van der Waals surface area contributed by atoms with Gasteiger partial charge in [-0.05, 0) is 55.5 Å². The van der Waals surface area contributed by atoms with E-state index in [1.54, 1.807) is 11.8 Å². The summed E-state index contributed by atoms with van der Waals surface area (Å²) in [5.41, 5.74) is 5.56. The minimum atomic E-state index is -0.810. The normalized spacial score (nSPS) is 13.9. The van der Waals surface area contributed by atoms with E-state index in [0.717, 1.165) is 27.8 Å². The zero-order chi connectivity index (χ0) is 27.8. The Hall–Kier alpha value is -3.68. The maximum Gasteiger partial charge on any atom is 0.407 e. The van der Waals surface area contributed by atoms with Crippen molar-refractivity contribution in [3.63, 3.8) is 0 Å². The molecule has 3 aromatic carbocycles. The molecule has 0 aromatic heterocycles. The van der Waals surface area contributed by atoms with Crippen molar-refractivity contribution in [2.24, 2.45) is 0 Å². The van der Waals surface area contributed by atoms with Gasteiger partial charge in [-0.2, -0.15) is 0 Å². The summed E-state index contributed by atoms with van der Waals surface area (Å²) >= 11 is 0. The van der Waals surface area contributed by atoms with Crippen molar-refractivity contribution in [3.8, 4) is 11.1 Å². The molecule has 0 saturated heterocycles. The molecule has 2 atom stereocenters. The lowest BCUT2D eigenvalue weighted by Crippen LogP contribution is -2.53. The first-order chi connectivity index (χ1) is 18.9. The van der Waals surface area contributed by atoms with Gasteiger partial charge in [0.05, 0.1) is 6.04 Å². The fourth-order valence-electron chi connectivity index (χ4n) is 5.13. The van der Waals surface area contributed by atoms with Crippen LogP contribution in [-0.2, 0) is 25.5 Å². The fourth-order valence-corrected chi connectivity index (χ4v) is 5.13. The van der Waals surface area contributed by atoms with Crippen molar-refractivity contribution in [2.45, 2.75) is 58.5 Å². The van der Waals surface area contributed by atoms with Crippen molar-refractivity contribution >= 4 is 12.0 Å². The van der Waals surface area contributed by atoms with Gasteiger partial charge in [0.2, 0.25) is 5.91 Å². The lowest BCUT2D eigenvalue weighted by atomic mass is 9.98. The fraction of sp³-hybridized carbons (Fsp3) is 0.375. The van der Waals surface area contributed by atoms with Gasteiger partial charge in [-0.3, -0.25) is 4.79 Å². The molecular formula is C32H38N2O5. The standard InChI is InChI=1S/C32H38N2O5/c1-5-37-31(38-6-2)23(4)34(20-24-14-8-7-9-15-24)30(35)22(3)33-32(36)39-21-29-27-18-12-10-16-25(27)26-17-11-13-19-28(26)29/h7-19,22-23,29,31H,5-6,20-21H2,1-4H3,(H,33,36)/t22-,23-/m0/s1. The summed E-state index contributed by atoms with van der Waals surface area (Å²) in [7, 11) is 0. The van der Waals surface area contributed by atoms with Crippen molar-refractivity contribution in [1.82, 2.24) is 10.2 Å². The number of rotatable bonds is 12. The van der Waals surface area contributed by atoms with Crippen LogP contribution in [0.5, 0.6) is 0 Å². The van der Waals surface area contributed by atoms with Crippen LogP contribution in [0, 0.1) is 0 Å². The molecule has 2 amide bonds. The Kier molecular flexibility index (Phi) is 9.74. The van der Waals surface area contributed by atoms with Crippen LogP contribution in [0.25, 0.3) is 11.1 Å². The summed E-state index contributed by atoms with van der Waals surface area (Å²) in [4.78, 5) is 28.2. The second kappa shape index (κ2) is 13.4. The van der Waals surface area contributed by atoms with Crippen molar-refractivity contribution < 1.29 is 23.8 Å². The number of fused-ring (bicyclic) bond motifs is 3. The van der Waals surface area contributed by atoms with Crippen LogP contribution in [0.3, 0.4) is 0 Å². The first-order valence-corrected chi connectivity index (χ1v) is 13.6. The van der Waals surface area contributed by atoms with E-state index < -0.39 is 18.4 Å². The second-order valence-electron chi connectivity index (χ2n) is 9.66. The summed E-state index contributed by atoms with van der Waals surface area (Å²) in [6.45, 7) is 8.80. The molecule has 1 aliphatic carbocycles. The lowest BCUT2D eigenvalue weighted by Gasteiger charge is -2.36. The van der Waals surface area contributed by atoms with Gasteiger partial charge >= 0.3 is 6.09 Å². The molecule has 0 radical (unpaired) electrons.